The number of Topliss-reactive ketones (excluding diaryl/α,β-unsaturated/α-hetero) is 1. The maximum atomic E-state index is 12.7. The minimum atomic E-state index is 0.0461. The number of carbonyl (C=O) groups excluding carboxylic acids is 1. The van der Waals surface area contributed by atoms with Gasteiger partial charge in [0.2, 0.25) is 0 Å². The van der Waals surface area contributed by atoms with Crippen LogP contribution in [0.2, 0.25) is 0 Å². The number of benzene rings is 2. The van der Waals surface area contributed by atoms with E-state index < -0.39 is 0 Å². The van der Waals surface area contributed by atoms with E-state index in [1.54, 1.807) is 6.20 Å². The average molecular weight is 301 g/mol. The van der Waals surface area contributed by atoms with Gasteiger partial charge in [0.05, 0.1) is 5.56 Å². The number of para-hydroxylation sites is 1. The van der Waals surface area contributed by atoms with Crippen molar-refractivity contribution in [1.82, 2.24) is 4.98 Å². The molecular formula is C20H15NO2. The summed E-state index contributed by atoms with van der Waals surface area (Å²) in [5.41, 5.74) is 3.31. The van der Waals surface area contributed by atoms with Crippen molar-refractivity contribution in [2.24, 2.45) is 0 Å². The zero-order valence-electron chi connectivity index (χ0n) is 12.7. The Labute approximate surface area is 134 Å². The summed E-state index contributed by atoms with van der Waals surface area (Å²) in [6.45, 7) is 2.27. The lowest BCUT2D eigenvalue weighted by molar-refractivity contribution is 0.100. The van der Waals surface area contributed by atoms with E-state index in [4.69, 9.17) is 4.74 Å². The smallest absolute Gasteiger partial charge is 0.196 e. The number of ketones is 1. The van der Waals surface area contributed by atoms with Crippen LogP contribution in [0, 0.1) is 6.92 Å². The van der Waals surface area contributed by atoms with Crippen LogP contribution in [0.15, 0.2) is 60.4 Å². The number of ether oxygens (including phenoxy) is 1. The Bertz CT molecular complexity index is 957. The molecule has 0 unspecified atom stereocenters. The average Bonchev–Trinajstić information content (AvgIpc) is 2.58. The first-order valence-corrected chi connectivity index (χ1v) is 7.54. The Kier molecular flexibility index (Phi) is 3.19. The normalized spacial score (nSPS) is 15.5. The third-order valence-electron chi connectivity index (χ3n) is 4.13. The fraction of sp³-hybridized carbons (Fsp3) is 0.100. The predicted molar refractivity (Wildman–Crippen MR) is 90.7 cm³/mol. The van der Waals surface area contributed by atoms with Gasteiger partial charge in [-0.15, -0.1) is 0 Å². The molecule has 0 saturated heterocycles. The second-order valence-corrected chi connectivity index (χ2v) is 5.72. The SMILES string of the molecule is Cc1cccc2c1OC/C(=C\c1ccc3cnccc3c1)C2=O. The Hall–Kier alpha value is -2.94. The number of pyridine rings is 1. The van der Waals surface area contributed by atoms with E-state index in [9.17, 15) is 4.79 Å². The molecule has 23 heavy (non-hydrogen) atoms. The molecule has 0 amide bonds. The molecule has 0 spiro atoms. The van der Waals surface area contributed by atoms with E-state index in [1.807, 2.05) is 55.6 Å². The number of aromatic nitrogens is 1. The zero-order chi connectivity index (χ0) is 15.8. The quantitative estimate of drug-likeness (QED) is 0.632. The van der Waals surface area contributed by atoms with Crippen molar-refractivity contribution < 1.29 is 9.53 Å². The van der Waals surface area contributed by atoms with Crippen molar-refractivity contribution in [2.45, 2.75) is 6.92 Å². The summed E-state index contributed by atoms with van der Waals surface area (Å²) in [7, 11) is 0. The van der Waals surface area contributed by atoms with Crippen LogP contribution in [0.25, 0.3) is 16.8 Å². The van der Waals surface area contributed by atoms with Crippen molar-refractivity contribution in [3.05, 3.63) is 77.1 Å². The van der Waals surface area contributed by atoms with Crippen molar-refractivity contribution in [1.29, 1.82) is 0 Å². The summed E-state index contributed by atoms with van der Waals surface area (Å²) < 4.78 is 5.80. The van der Waals surface area contributed by atoms with Crippen LogP contribution < -0.4 is 4.74 Å². The second-order valence-electron chi connectivity index (χ2n) is 5.72. The Morgan fingerprint density at radius 1 is 1.13 bits per heavy atom. The first-order valence-electron chi connectivity index (χ1n) is 7.54. The number of carbonyl (C=O) groups is 1. The minimum absolute atomic E-state index is 0.0461. The molecule has 1 aliphatic rings. The van der Waals surface area contributed by atoms with E-state index >= 15 is 0 Å². The number of nitrogens with zero attached hydrogens (tertiary/aromatic N) is 1. The zero-order valence-corrected chi connectivity index (χ0v) is 12.7. The van der Waals surface area contributed by atoms with Crippen LogP contribution in [0.3, 0.4) is 0 Å². The molecule has 0 atom stereocenters. The van der Waals surface area contributed by atoms with Crippen LogP contribution in [0.5, 0.6) is 5.75 Å². The van der Waals surface area contributed by atoms with Gasteiger partial charge in [-0.3, -0.25) is 9.78 Å². The molecule has 1 aliphatic heterocycles. The summed E-state index contributed by atoms with van der Waals surface area (Å²) in [4.78, 5) is 16.8. The van der Waals surface area contributed by atoms with Crippen LogP contribution >= 0.6 is 0 Å². The molecule has 2 heterocycles. The van der Waals surface area contributed by atoms with Gasteiger partial charge in [-0.1, -0.05) is 24.3 Å². The third kappa shape index (κ3) is 2.40. The second kappa shape index (κ2) is 5.36. The molecule has 0 N–H and O–H groups in total. The highest BCUT2D eigenvalue weighted by Gasteiger charge is 2.24. The topological polar surface area (TPSA) is 39.2 Å². The Morgan fingerprint density at radius 3 is 2.96 bits per heavy atom. The van der Waals surface area contributed by atoms with E-state index in [0.717, 1.165) is 21.9 Å². The summed E-state index contributed by atoms with van der Waals surface area (Å²) in [5, 5.41) is 2.19. The molecule has 1 aromatic heterocycles. The highest BCUT2D eigenvalue weighted by Crippen LogP contribution is 2.31. The van der Waals surface area contributed by atoms with Crippen molar-refractivity contribution in [3.63, 3.8) is 0 Å². The Morgan fingerprint density at radius 2 is 2.04 bits per heavy atom. The van der Waals surface area contributed by atoms with E-state index in [1.165, 1.54) is 0 Å². The lowest BCUT2D eigenvalue weighted by Crippen LogP contribution is -2.19. The molecule has 0 radical (unpaired) electrons. The third-order valence-corrected chi connectivity index (χ3v) is 4.13. The highest BCUT2D eigenvalue weighted by atomic mass is 16.5. The summed E-state index contributed by atoms with van der Waals surface area (Å²) in [6, 6.07) is 13.7. The lowest BCUT2D eigenvalue weighted by Gasteiger charge is -2.20. The first kappa shape index (κ1) is 13.7. The van der Waals surface area contributed by atoms with Crippen molar-refractivity contribution >= 4 is 22.6 Å². The number of aryl methyl sites for hydroxylation is 1. The maximum Gasteiger partial charge on any atom is 0.196 e. The number of hydrogen-bond donors (Lipinski definition) is 0. The van der Waals surface area contributed by atoms with Gasteiger partial charge in [0.25, 0.3) is 0 Å². The van der Waals surface area contributed by atoms with E-state index in [-0.39, 0.29) is 5.78 Å². The summed E-state index contributed by atoms with van der Waals surface area (Å²) in [6.07, 6.45) is 5.51. The van der Waals surface area contributed by atoms with E-state index in [2.05, 4.69) is 11.1 Å². The van der Waals surface area contributed by atoms with Crippen molar-refractivity contribution in [2.75, 3.05) is 6.61 Å². The lowest BCUT2D eigenvalue weighted by atomic mass is 9.96. The highest BCUT2D eigenvalue weighted by molar-refractivity contribution is 6.14. The summed E-state index contributed by atoms with van der Waals surface area (Å²) in [5.74, 6) is 0.754. The molecule has 0 fully saturated rings. The van der Waals surface area contributed by atoms with Gasteiger partial charge >= 0.3 is 0 Å². The standard InChI is InChI=1S/C20H15NO2/c1-13-3-2-4-18-19(22)17(12-23-20(13)18)10-14-5-6-16-11-21-8-7-15(16)9-14/h2-11H,12H2,1H3/b17-10+. The van der Waals surface area contributed by atoms with Gasteiger partial charge in [0, 0.05) is 23.4 Å². The Balaban J connectivity index is 1.75. The minimum Gasteiger partial charge on any atom is -0.488 e. The van der Waals surface area contributed by atoms with Gasteiger partial charge in [0.15, 0.2) is 5.78 Å². The van der Waals surface area contributed by atoms with E-state index in [0.29, 0.717) is 23.5 Å². The van der Waals surface area contributed by atoms with Gasteiger partial charge in [-0.2, -0.15) is 0 Å². The molecule has 3 nitrogen and oxygen atoms in total. The number of fused-ring (bicyclic) bond motifs is 2. The number of rotatable bonds is 1. The van der Waals surface area contributed by atoms with Gasteiger partial charge in [-0.25, -0.2) is 0 Å². The monoisotopic (exact) mass is 301 g/mol. The molecule has 4 rings (SSSR count). The van der Waals surface area contributed by atoms with Crippen LogP contribution in [0.4, 0.5) is 0 Å². The molecule has 2 aromatic carbocycles. The molecular weight excluding hydrogens is 286 g/mol. The van der Waals surface area contributed by atoms with Crippen LogP contribution in [-0.4, -0.2) is 17.4 Å². The van der Waals surface area contributed by atoms with Gasteiger partial charge < -0.3 is 4.74 Å². The summed E-state index contributed by atoms with van der Waals surface area (Å²) >= 11 is 0. The van der Waals surface area contributed by atoms with Crippen LogP contribution in [-0.2, 0) is 0 Å². The molecule has 3 heteroatoms. The van der Waals surface area contributed by atoms with Crippen molar-refractivity contribution in [3.8, 4) is 5.75 Å². The van der Waals surface area contributed by atoms with Gasteiger partial charge in [0.1, 0.15) is 12.4 Å². The fourth-order valence-electron chi connectivity index (χ4n) is 2.91. The maximum absolute atomic E-state index is 12.7. The number of hydrogen-bond acceptors (Lipinski definition) is 3. The largest absolute Gasteiger partial charge is 0.488 e. The van der Waals surface area contributed by atoms with Gasteiger partial charge in [-0.05, 0) is 47.7 Å². The molecule has 112 valence electrons. The predicted octanol–water partition coefficient (Wildman–Crippen LogP) is 4.20. The molecule has 3 aromatic rings. The molecule has 0 saturated carbocycles. The first-order chi connectivity index (χ1) is 11.2. The van der Waals surface area contributed by atoms with Crippen LogP contribution in [0.1, 0.15) is 21.5 Å². The fourth-order valence-corrected chi connectivity index (χ4v) is 2.91. The molecule has 0 bridgehead atoms. The molecule has 0 aliphatic carbocycles.